The zero-order valence-electron chi connectivity index (χ0n) is 13.5. The van der Waals surface area contributed by atoms with Crippen LogP contribution in [0.5, 0.6) is 0 Å². The van der Waals surface area contributed by atoms with Crippen LogP contribution in [0.4, 0.5) is 0 Å². The van der Waals surface area contributed by atoms with Gasteiger partial charge in [-0.25, -0.2) is 0 Å². The largest absolute Gasteiger partial charge is 0.343 e. The molecular weight excluding hydrogens is 248 g/mol. The molecule has 2 aliphatic rings. The van der Waals surface area contributed by atoms with E-state index in [-0.39, 0.29) is 0 Å². The molecule has 2 rings (SSSR count). The summed E-state index contributed by atoms with van der Waals surface area (Å²) in [6.45, 7) is 9.94. The number of piperidine rings is 1. The van der Waals surface area contributed by atoms with Crippen LogP contribution in [0, 0.1) is 17.8 Å². The average Bonchev–Trinajstić information content (AvgIpc) is 2.67. The summed E-state index contributed by atoms with van der Waals surface area (Å²) in [4.78, 5) is 14.7. The van der Waals surface area contributed by atoms with Crippen LogP contribution < -0.4 is 5.32 Å². The summed E-state index contributed by atoms with van der Waals surface area (Å²) in [5, 5.41) is 3.53. The SMILES string of the molecule is CC(C)C1CCCN(C(=O)CC2NCCCC2C)CC1. The first-order valence-corrected chi connectivity index (χ1v) is 8.59. The number of carbonyl (C=O) groups is 1. The van der Waals surface area contributed by atoms with Gasteiger partial charge in [-0.1, -0.05) is 20.8 Å². The van der Waals surface area contributed by atoms with Crippen LogP contribution in [0.3, 0.4) is 0 Å². The first-order valence-electron chi connectivity index (χ1n) is 8.59. The standard InChI is InChI=1S/C17H32N2O/c1-13(2)15-7-5-10-19(11-8-15)17(20)12-16-14(3)6-4-9-18-16/h13-16,18H,4-12H2,1-3H3. The number of hydrogen-bond donors (Lipinski definition) is 1. The van der Waals surface area contributed by atoms with E-state index < -0.39 is 0 Å². The fraction of sp³-hybridized carbons (Fsp3) is 0.941. The van der Waals surface area contributed by atoms with Gasteiger partial charge in [0.25, 0.3) is 0 Å². The maximum absolute atomic E-state index is 12.5. The zero-order valence-corrected chi connectivity index (χ0v) is 13.5. The smallest absolute Gasteiger partial charge is 0.224 e. The van der Waals surface area contributed by atoms with Gasteiger partial charge in [0.2, 0.25) is 5.91 Å². The molecule has 0 aliphatic carbocycles. The monoisotopic (exact) mass is 280 g/mol. The molecule has 0 radical (unpaired) electrons. The number of nitrogens with one attached hydrogen (secondary N) is 1. The fourth-order valence-corrected chi connectivity index (χ4v) is 3.74. The van der Waals surface area contributed by atoms with E-state index in [1.165, 1.54) is 32.1 Å². The molecule has 3 unspecified atom stereocenters. The van der Waals surface area contributed by atoms with Gasteiger partial charge in [0.1, 0.15) is 0 Å². The normalized spacial score (nSPS) is 32.2. The molecule has 116 valence electrons. The number of likely N-dealkylation sites (tertiary alicyclic amines) is 1. The molecule has 2 heterocycles. The minimum Gasteiger partial charge on any atom is -0.343 e. The Bertz CT molecular complexity index is 316. The molecule has 2 saturated heterocycles. The molecule has 1 amide bonds. The molecule has 0 aromatic carbocycles. The number of rotatable bonds is 3. The highest BCUT2D eigenvalue weighted by atomic mass is 16.2. The maximum atomic E-state index is 12.5. The Hall–Kier alpha value is -0.570. The summed E-state index contributed by atoms with van der Waals surface area (Å²) in [5.74, 6) is 2.58. The molecule has 2 aliphatic heterocycles. The van der Waals surface area contributed by atoms with Crippen molar-refractivity contribution in [3.8, 4) is 0 Å². The predicted octanol–water partition coefficient (Wildman–Crippen LogP) is 3.05. The summed E-state index contributed by atoms with van der Waals surface area (Å²) >= 11 is 0. The van der Waals surface area contributed by atoms with Crippen LogP contribution in [0.15, 0.2) is 0 Å². The van der Waals surface area contributed by atoms with E-state index in [0.717, 1.165) is 31.5 Å². The topological polar surface area (TPSA) is 32.3 Å². The molecule has 3 heteroatoms. The molecule has 0 spiro atoms. The van der Waals surface area contributed by atoms with E-state index in [4.69, 9.17) is 0 Å². The lowest BCUT2D eigenvalue weighted by Crippen LogP contribution is -2.44. The van der Waals surface area contributed by atoms with E-state index in [1.54, 1.807) is 0 Å². The van der Waals surface area contributed by atoms with E-state index in [9.17, 15) is 4.79 Å². The third-order valence-corrected chi connectivity index (χ3v) is 5.39. The van der Waals surface area contributed by atoms with Gasteiger partial charge in [-0.15, -0.1) is 0 Å². The van der Waals surface area contributed by atoms with Crippen LogP contribution >= 0.6 is 0 Å². The number of hydrogen-bond acceptors (Lipinski definition) is 2. The zero-order chi connectivity index (χ0) is 14.5. The molecule has 0 saturated carbocycles. The van der Waals surface area contributed by atoms with Crippen molar-refractivity contribution in [3.63, 3.8) is 0 Å². The molecule has 3 atom stereocenters. The number of carbonyl (C=O) groups excluding carboxylic acids is 1. The Morgan fingerprint density at radius 2 is 2.00 bits per heavy atom. The van der Waals surface area contributed by atoms with Crippen LogP contribution in [-0.4, -0.2) is 36.5 Å². The van der Waals surface area contributed by atoms with Crippen molar-refractivity contribution in [1.29, 1.82) is 0 Å². The van der Waals surface area contributed by atoms with Crippen molar-refractivity contribution < 1.29 is 4.79 Å². The quantitative estimate of drug-likeness (QED) is 0.862. The molecule has 2 fully saturated rings. The van der Waals surface area contributed by atoms with Crippen LogP contribution in [0.25, 0.3) is 0 Å². The number of nitrogens with zero attached hydrogens (tertiary/aromatic N) is 1. The highest BCUT2D eigenvalue weighted by molar-refractivity contribution is 5.76. The molecule has 20 heavy (non-hydrogen) atoms. The van der Waals surface area contributed by atoms with Crippen molar-refractivity contribution in [2.45, 2.75) is 65.3 Å². The van der Waals surface area contributed by atoms with Crippen molar-refractivity contribution in [2.24, 2.45) is 17.8 Å². The molecule has 0 aromatic rings. The van der Waals surface area contributed by atoms with Gasteiger partial charge in [0.15, 0.2) is 0 Å². The Balaban J connectivity index is 1.83. The van der Waals surface area contributed by atoms with Crippen LogP contribution in [-0.2, 0) is 4.79 Å². The second kappa shape index (κ2) is 7.44. The predicted molar refractivity (Wildman–Crippen MR) is 83.6 cm³/mol. The van der Waals surface area contributed by atoms with E-state index >= 15 is 0 Å². The lowest BCUT2D eigenvalue weighted by molar-refractivity contribution is -0.132. The Labute approximate surface area is 124 Å². The molecule has 0 aromatic heterocycles. The second-order valence-corrected chi connectivity index (χ2v) is 7.20. The minimum atomic E-state index is 0.376. The minimum absolute atomic E-state index is 0.376. The van der Waals surface area contributed by atoms with Crippen molar-refractivity contribution >= 4 is 5.91 Å². The Morgan fingerprint density at radius 3 is 2.70 bits per heavy atom. The van der Waals surface area contributed by atoms with Gasteiger partial charge in [-0.05, 0) is 56.4 Å². The lowest BCUT2D eigenvalue weighted by Gasteiger charge is -2.31. The van der Waals surface area contributed by atoms with Crippen LogP contribution in [0.2, 0.25) is 0 Å². The van der Waals surface area contributed by atoms with Gasteiger partial charge in [-0.2, -0.15) is 0 Å². The first kappa shape index (κ1) is 15.8. The van der Waals surface area contributed by atoms with Crippen molar-refractivity contribution in [1.82, 2.24) is 10.2 Å². The van der Waals surface area contributed by atoms with E-state index in [1.807, 2.05) is 0 Å². The average molecular weight is 280 g/mol. The van der Waals surface area contributed by atoms with Gasteiger partial charge in [0, 0.05) is 25.6 Å². The van der Waals surface area contributed by atoms with Gasteiger partial charge in [-0.3, -0.25) is 4.79 Å². The van der Waals surface area contributed by atoms with E-state index in [2.05, 4.69) is 31.0 Å². The van der Waals surface area contributed by atoms with Crippen LogP contribution in [0.1, 0.15) is 59.3 Å². The third kappa shape index (κ3) is 4.21. The van der Waals surface area contributed by atoms with E-state index in [0.29, 0.717) is 24.3 Å². The van der Waals surface area contributed by atoms with Crippen molar-refractivity contribution in [2.75, 3.05) is 19.6 Å². The van der Waals surface area contributed by atoms with Gasteiger partial charge >= 0.3 is 0 Å². The molecule has 0 bridgehead atoms. The second-order valence-electron chi connectivity index (χ2n) is 7.20. The maximum Gasteiger partial charge on any atom is 0.224 e. The molecule has 3 nitrogen and oxygen atoms in total. The summed E-state index contributed by atoms with van der Waals surface area (Å²) in [5.41, 5.74) is 0. The fourth-order valence-electron chi connectivity index (χ4n) is 3.74. The lowest BCUT2D eigenvalue weighted by atomic mass is 9.89. The third-order valence-electron chi connectivity index (χ3n) is 5.39. The molecule has 1 N–H and O–H groups in total. The highest BCUT2D eigenvalue weighted by Crippen LogP contribution is 2.25. The Morgan fingerprint density at radius 1 is 1.20 bits per heavy atom. The summed E-state index contributed by atoms with van der Waals surface area (Å²) in [6, 6.07) is 0.403. The summed E-state index contributed by atoms with van der Waals surface area (Å²) in [7, 11) is 0. The Kier molecular flexibility index (Phi) is 5.88. The molecular formula is C17H32N2O. The summed E-state index contributed by atoms with van der Waals surface area (Å²) < 4.78 is 0. The van der Waals surface area contributed by atoms with Gasteiger partial charge < -0.3 is 10.2 Å². The summed E-state index contributed by atoms with van der Waals surface area (Å²) in [6.07, 6.45) is 6.89. The van der Waals surface area contributed by atoms with Crippen molar-refractivity contribution in [3.05, 3.63) is 0 Å². The van der Waals surface area contributed by atoms with Gasteiger partial charge in [0.05, 0.1) is 0 Å². The number of amides is 1. The highest BCUT2D eigenvalue weighted by Gasteiger charge is 2.27. The first-order chi connectivity index (χ1) is 9.58.